The molecule has 0 radical (unpaired) electrons. The quantitative estimate of drug-likeness (QED) is 0.852. The van der Waals surface area contributed by atoms with E-state index < -0.39 is 0 Å². The number of aromatic nitrogens is 2. The lowest BCUT2D eigenvalue weighted by molar-refractivity contribution is -0.115. The van der Waals surface area contributed by atoms with Crippen LogP contribution in [0.4, 0.5) is 5.69 Å². The fourth-order valence-electron chi connectivity index (χ4n) is 2.31. The molecule has 2 rings (SSSR count). The van der Waals surface area contributed by atoms with Gasteiger partial charge in [0.2, 0.25) is 5.91 Å². The van der Waals surface area contributed by atoms with Gasteiger partial charge in [-0.2, -0.15) is 5.10 Å². The molecule has 0 saturated heterocycles. The molecule has 0 aliphatic rings. The van der Waals surface area contributed by atoms with Gasteiger partial charge >= 0.3 is 0 Å². The molecule has 112 valence electrons. The Morgan fingerprint density at radius 1 is 1.19 bits per heavy atom. The number of hydrogen-bond donors (Lipinski definition) is 2. The molecule has 0 saturated carbocycles. The molecule has 0 aliphatic heterocycles. The summed E-state index contributed by atoms with van der Waals surface area (Å²) in [5.41, 5.74) is 4.86. The molecule has 4 nitrogen and oxygen atoms in total. The molecule has 4 heteroatoms. The number of unbranched alkanes of at least 4 members (excludes halogenated alkanes) is 1. The van der Waals surface area contributed by atoms with Crippen LogP contribution in [0.15, 0.2) is 24.3 Å². The Kier molecular flexibility index (Phi) is 5.14. The third-order valence-electron chi connectivity index (χ3n) is 3.60. The number of anilines is 1. The molecule has 21 heavy (non-hydrogen) atoms. The summed E-state index contributed by atoms with van der Waals surface area (Å²) in [6.07, 6.45) is 3.90. The molecule has 0 aliphatic carbocycles. The largest absolute Gasteiger partial charge is 0.323 e. The van der Waals surface area contributed by atoms with Crippen molar-refractivity contribution in [2.45, 2.75) is 46.5 Å². The highest BCUT2D eigenvalue weighted by atomic mass is 16.1. The average Bonchev–Trinajstić information content (AvgIpc) is 2.78. The molecule has 1 heterocycles. The highest BCUT2D eigenvalue weighted by Crippen LogP contribution is 2.16. The second-order valence-electron chi connectivity index (χ2n) is 5.45. The number of rotatable bonds is 6. The summed E-state index contributed by atoms with van der Waals surface area (Å²) in [7, 11) is 0. The molecular formula is C17H23N3O. The highest BCUT2D eigenvalue weighted by molar-refractivity contribution is 5.93. The van der Waals surface area contributed by atoms with E-state index in [1.807, 2.05) is 26.0 Å². The van der Waals surface area contributed by atoms with Gasteiger partial charge in [-0.1, -0.05) is 37.6 Å². The zero-order valence-corrected chi connectivity index (χ0v) is 13.0. The lowest BCUT2D eigenvalue weighted by Gasteiger charge is -2.06. The van der Waals surface area contributed by atoms with Crippen LogP contribution in [0.5, 0.6) is 0 Å². The summed E-state index contributed by atoms with van der Waals surface area (Å²) in [4.78, 5) is 12.1. The van der Waals surface area contributed by atoms with Crippen LogP contribution in [0, 0.1) is 13.8 Å². The first-order chi connectivity index (χ1) is 10.1. The smallest absolute Gasteiger partial charge is 0.228 e. The van der Waals surface area contributed by atoms with E-state index in [1.165, 1.54) is 18.4 Å². The zero-order valence-electron chi connectivity index (χ0n) is 13.0. The molecule has 1 amide bonds. The molecule has 2 N–H and O–H groups in total. The van der Waals surface area contributed by atoms with Crippen LogP contribution in [0.25, 0.3) is 0 Å². The third-order valence-corrected chi connectivity index (χ3v) is 3.60. The predicted molar refractivity (Wildman–Crippen MR) is 85.4 cm³/mol. The van der Waals surface area contributed by atoms with Gasteiger partial charge in [0.05, 0.1) is 23.5 Å². The van der Waals surface area contributed by atoms with Crippen molar-refractivity contribution in [3.8, 4) is 0 Å². The molecule has 0 spiro atoms. The van der Waals surface area contributed by atoms with Gasteiger partial charge in [0.1, 0.15) is 0 Å². The number of amides is 1. The Labute approximate surface area is 126 Å². The van der Waals surface area contributed by atoms with Gasteiger partial charge in [-0.3, -0.25) is 9.89 Å². The van der Waals surface area contributed by atoms with E-state index in [2.05, 4.69) is 34.6 Å². The summed E-state index contributed by atoms with van der Waals surface area (Å²) in [6, 6.07) is 8.32. The minimum Gasteiger partial charge on any atom is -0.323 e. The maximum absolute atomic E-state index is 12.1. The Balaban J connectivity index is 1.93. The molecule has 2 aromatic rings. The Morgan fingerprint density at radius 2 is 1.86 bits per heavy atom. The van der Waals surface area contributed by atoms with Crippen LogP contribution in [0.2, 0.25) is 0 Å². The van der Waals surface area contributed by atoms with Crippen LogP contribution in [0.1, 0.15) is 42.3 Å². The molecule has 1 aromatic heterocycles. The van der Waals surface area contributed by atoms with Gasteiger partial charge < -0.3 is 5.32 Å². The number of carbonyl (C=O) groups excluding carboxylic acids is 1. The molecule has 0 unspecified atom stereocenters. The maximum Gasteiger partial charge on any atom is 0.228 e. The second-order valence-corrected chi connectivity index (χ2v) is 5.45. The average molecular weight is 285 g/mol. The van der Waals surface area contributed by atoms with Crippen LogP contribution < -0.4 is 5.32 Å². The minimum absolute atomic E-state index is 0.0103. The normalized spacial score (nSPS) is 10.6. The summed E-state index contributed by atoms with van der Waals surface area (Å²) >= 11 is 0. The molecule has 0 atom stereocenters. The topological polar surface area (TPSA) is 57.8 Å². The van der Waals surface area contributed by atoms with Gasteiger partial charge in [-0.15, -0.1) is 0 Å². The maximum atomic E-state index is 12.1. The lowest BCUT2D eigenvalue weighted by atomic mass is 10.0. The van der Waals surface area contributed by atoms with E-state index >= 15 is 0 Å². The minimum atomic E-state index is -0.0103. The van der Waals surface area contributed by atoms with Crippen molar-refractivity contribution in [3.05, 3.63) is 46.8 Å². The molecule has 0 fully saturated rings. The summed E-state index contributed by atoms with van der Waals surface area (Å²) < 4.78 is 0. The fraction of sp³-hybridized carbons (Fsp3) is 0.412. The number of aryl methyl sites for hydroxylation is 3. The highest BCUT2D eigenvalue weighted by Gasteiger charge is 2.10. The number of carbonyl (C=O) groups is 1. The van der Waals surface area contributed by atoms with E-state index in [9.17, 15) is 4.79 Å². The molecule has 0 bridgehead atoms. The van der Waals surface area contributed by atoms with Crippen molar-refractivity contribution in [2.75, 3.05) is 5.32 Å². The number of hydrogen-bond acceptors (Lipinski definition) is 2. The van der Waals surface area contributed by atoms with Crippen LogP contribution in [-0.2, 0) is 17.6 Å². The van der Waals surface area contributed by atoms with Gasteiger partial charge in [0.15, 0.2) is 0 Å². The first kappa shape index (κ1) is 15.3. The molecular weight excluding hydrogens is 262 g/mol. The Bertz CT molecular complexity index is 579. The summed E-state index contributed by atoms with van der Waals surface area (Å²) in [5.74, 6) is -0.0103. The number of nitrogens with zero attached hydrogens (tertiary/aromatic N) is 1. The van der Waals surface area contributed by atoms with Crippen LogP contribution in [0.3, 0.4) is 0 Å². The zero-order chi connectivity index (χ0) is 15.2. The van der Waals surface area contributed by atoms with Crippen molar-refractivity contribution in [1.29, 1.82) is 0 Å². The van der Waals surface area contributed by atoms with Crippen molar-refractivity contribution < 1.29 is 4.79 Å². The number of H-pyrrole nitrogens is 1. The Morgan fingerprint density at radius 3 is 2.43 bits per heavy atom. The fourth-order valence-corrected chi connectivity index (χ4v) is 2.31. The van der Waals surface area contributed by atoms with E-state index in [0.717, 1.165) is 29.1 Å². The SMILES string of the molecule is CCCCc1ccc(CC(=O)Nc2c(C)n[nH]c2C)cc1. The predicted octanol–water partition coefficient (Wildman–Crippen LogP) is 3.55. The van der Waals surface area contributed by atoms with Gasteiger partial charge in [0, 0.05) is 0 Å². The summed E-state index contributed by atoms with van der Waals surface area (Å²) in [5, 5.41) is 9.87. The second kappa shape index (κ2) is 7.07. The molecule has 1 aromatic carbocycles. The first-order valence-corrected chi connectivity index (χ1v) is 7.49. The van der Waals surface area contributed by atoms with Crippen molar-refractivity contribution in [2.24, 2.45) is 0 Å². The van der Waals surface area contributed by atoms with Gasteiger partial charge in [-0.25, -0.2) is 0 Å². The standard InChI is InChI=1S/C17H23N3O/c1-4-5-6-14-7-9-15(10-8-14)11-16(21)18-17-12(2)19-20-13(17)3/h7-10H,4-6,11H2,1-3H3,(H,18,21)(H,19,20). The van der Waals surface area contributed by atoms with E-state index in [4.69, 9.17) is 0 Å². The van der Waals surface area contributed by atoms with E-state index in [-0.39, 0.29) is 5.91 Å². The van der Waals surface area contributed by atoms with Crippen molar-refractivity contribution in [1.82, 2.24) is 10.2 Å². The first-order valence-electron chi connectivity index (χ1n) is 7.49. The monoisotopic (exact) mass is 285 g/mol. The van der Waals surface area contributed by atoms with Gasteiger partial charge in [0.25, 0.3) is 0 Å². The third kappa shape index (κ3) is 4.18. The van der Waals surface area contributed by atoms with Crippen molar-refractivity contribution >= 4 is 11.6 Å². The number of aromatic amines is 1. The number of nitrogens with one attached hydrogen (secondary N) is 2. The van der Waals surface area contributed by atoms with Crippen LogP contribution in [-0.4, -0.2) is 16.1 Å². The summed E-state index contributed by atoms with van der Waals surface area (Å²) in [6.45, 7) is 5.97. The van der Waals surface area contributed by atoms with E-state index in [1.54, 1.807) is 0 Å². The van der Waals surface area contributed by atoms with Gasteiger partial charge in [-0.05, 0) is 37.8 Å². The van der Waals surface area contributed by atoms with E-state index in [0.29, 0.717) is 6.42 Å². The van der Waals surface area contributed by atoms with Crippen LogP contribution >= 0.6 is 0 Å². The van der Waals surface area contributed by atoms with Crippen molar-refractivity contribution in [3.63, 3.8) is 0 Å². The number of benzene rings is 1. The lowest BCUT2D eigenvalue weighted by Crippen LogP contribution is -2.15. The Hall–Kier alpha value is -2.10.